The van der Waals surface area contributed by atoms with E-state index in [1.54, 1.807) is 0 Å². The molecule has 2 aromatic heterocycles. The Labute approximate surface area is 139 Å². The molecule has 2 aliphatic rings. The third kappa shape index (κ3) is 3.06. The molecule has 24 heavy (non-hydrogen) atoms. The summed E-state index contributed by atoms with van der Waals surface area (Å²) in [7, 11) is 0. The van der Waals surface area contributed by atoms with E-state index in [1.807, 2.05) is 13.8 Å². The van der Waals surface area contributed by atoms with Crippen molar-refractivity contribution in [3.05, 3.63) is 29.1 Å². The number of oxazole rings is 1. The Morgan fingerprint density at radius 1 is 1.29 bits per heavy atom. The molecule has 0 bridgehead atoms. The number of carbonyl (C=O) groups is 1. The van der Waals surface area contributed by atoms with Gasteiger partial charge in [0.15, 0.2) is 0 Å². The van der Waals surface area contributed by atoms with Crippen molar-refractivity contribution in [1.82, 2.24) is 25.3 Å². The van der Waals surface area contributed by atoms with E-state index in [0.29, 0.717) is 18.3 Å². The van der Waals surface area contributed by atoms with Gasteiger partial charge in [-0.25, -0.2) is 4.98 Å². The minimum atomic E-state index is -0.254. The predicted octanol–water partition coefficient (Wildman–Crippen LogP) is 1.90. The predicted molar refractivity (Wildman–Crippen MR) is 83.1 cm³/mol. The summed E-state index contributed by atoms with van der Waals surface area (Å²) in [6.07, 6.45) is 4.02. The zero-order valence-electron chi connectivity index (χ0n) is 13.9. The quantitative estimate of drug-likeness (QED) is 0.893. The molecule has 8 heteroatoms. The number of hydrogen-bond acceptors (Lipinski definition) is 7. The average Bonchev–Trinajstić information content (AvgIpc) is 2.96. The molecule has 2 aromatic rings. The van der Waals surface area contributed by atoms with Crippen LogP contribution in [0.4, 0.5) is 0 Å². The van der Waals surface area contributed by atoms with Gasteiger partial charge in [0, 0.05) is 6.04 Å². The van der Waals surface area contributed by atoms with Crippen LogP contribution in [0.1, 0.15) is 65.6 Å². The molecule has 8 nitrogen and oxygen atoms in total. The molecule has 0 unspecified atom stereocenters. The van der Waals surface area contributed by atoms with Gasteiger partial charge in [0.1, 0.15) is 5.76 Å². The summed E-state index contributed by atoms with van der Waals surface area (Å²) < 4.78 is 11.0. The Kier molecular flexibility index (Phi) is 3.84. The van der Waals surface area contributed by atoms with E-state index in [2.05, 4.69) is 25.3 Å². The Balaban J connectivity index is 1.46. The summed E-state index contributed by atoms with van der Waals surface area (Å²) in [5, 5.41) is 6.71. The highest BCUT2D eigenvalue weighted by Gasteiger charge is 2.33. The van der Waals surface area contributed by atoms with Crippen molar-refractivity contribution in [3.63, 3.8) is 0 Å². The molecule has 0 aromatic carbocycles. The van der Waals surface area contributed by atoms with Gasteiger partial charge in [0.2, 0.25) is 11.8 Å². The topological polar surface area (TPSA) is 97.3 Å². The van der Waals surface area contributed by atoms with Crippen molar-refractivity contribution in [2.24, 2.45) is 0 Å². The van der Waals surface area contributed by atoms with E-state index >= 15 is 0 Å². The smallest absolute Gasteiger partial charge is 0.292 e. The Hall–Kier alpha value is -2.22. The summed E-state index contributed by atoms with van der Waals surface area (Å²) in [6, 6.07) is 0.284. The number of carbonyl (C=O) groups excluding carboxylic acids is 1. The highest BCUT2D eigenvalue weighted by molar-refractivity contribution is 5.90. The Bertz CT molecular complexity index is 729. The lowest BCUT2D eigenvalue weighted by Gasteiger charge is -2.19. The zero-order valence-corrected chi connectivity index (χ0v) is 13.9. The summed E-state index contributed by atoms with van der Waals surface area (Å²) in [6.45, 7) is 5.37. The summed E-state index contributed by atoms with van der Waals surface area (Å²) in [5.74, 6) is 1.90. The van der Waals surface area contributed by atoms with Crippen molar-refractivity contribution in [2.75, 3.05) is 6.54 Å². The molecule has 1 amide bonds. The number of aromatic nitrogens is 3. The fraction of sp³-hybridized carbons (Fsp3) is 0.625. The SMILES string of the molecule is Cc1nc(CN2CCC[C@@H]2c2nc(C(=O)NC3CC3)no2)oc1C. The van der Waals surface area contributed by atoms with Crippen molar-refractivity contribution in [3.8, 4) is 0 Å². The molecule has 0 radical (unpaired) electrons. The molecule has 1 saturated carbocycles. The lowest BCUT2D eigenvalue weighted by molar-refractivity contribution is 0.0937. The van der Waals surface area contributed by atoms with Gasteiger partial charge < -0.3 is 14.3 Å². The lowest BCUT2D eigenvalue weighted by atomic mass is 10.2. The molecule has 1 saturated heterocycles. The van der Waals surface area contributed by atoms with Crippen molar-refractivity contribution in [2.45, 2.75) is 58.2 Å². The second-order valence-corrected chi connectivity index (χ2v) is 6.58. The molecule has 1 atom stereocenters. The van der Waals surface area contributed by atoms with Crippen molar-refractivity contribution >= 4 is 5.91 Å². The highest BCUT2D eigenvalue weighted by atomic mass is 16.5. The average molecular weight is 331 g/mol. The van der Waals surface area contributed by atoms with E-state index in [0.717, 1.165) is 43.7 Å². The van der Waals surface area contributed by atoms with Gasteiger partial charge in [-0.05, 0) is 46.1 Å². The number of hydrogen-bond donors (Lipinski definition) is 1. The van der Waals surface area contributed by atoms with Crippen LogP contribution in [0.3, 0.4) is 0 Å². The second kappa shape index (κ2) is 6.01. The Morgan fingerprint density at radius 3 is 2.83 bits per heavy atom. The first-order valence-electron chi connectivity index (χ1n) is 8.41. The van der Waals surface area contributed by atoms with Crippen LogP contribution in [0.2, 0.25) is 0 Å². The van der Waals surface area contributed by atoms with Crippen LogP contribution in [-0.2, 0) is 6.54 Å². The van der Waals surface area contributed by atoms with Gasteiger partial charge >= 0.3 is 0 Å². The molecule has 0 spiro atoms. The van der Waals surface area contributed by atoms with Gasteiger partial charge in [0.05, 0.1) is 18.3 Å². The summed E-state index contributed by atoms with van der Waals surface area (Å²) in [4.78, 5) is 23.0. The summed E-state index contributed by atoms with van der Waals surface area (Å²) in [5.41, 5.74) is 0.914. The van der Waals surface area contributed by atoms with Gasteiger partial charge in [-0.1, -0.05) is 5.16 Å². The maximum absolute atomic E-state index is 12.0. The van der Waals surface area contributed by atoms with E-state index < -0.39 is 0 Å². The molecule has 1 aliphatic heterocycles. The molecular weight excluding hydrogens is 310 g/mol. The monoisotopic (exact) mass is 331 g/mol. The molecule has 3 heterocycles. The van der Waals surface area contributed by atoms with E-state index in [1.165, 1.54) is 0 Å². The fourth-order valence-electron chi connectivity index (χ4n) is 3.02. The fourth-order valence-corrected chi connectivity index (χ4v) is 3.02. The molecule has 1 aliphatic carbocycles. The third-order valence-corrected chi connectivity index (χ3v) is 4.62. The van der Waals surface area contributed by atoms with Crippen LogP contribution in [-0.4, -0.2) is 38.5 Å². The molecule has 2 fully saturated rings. The first-order valence-corrected chi connectivity index (χ1v) is 8.41. The maximum Gasteiger partial charge on any atom is 0.292 e. The van der Waals surface area contributed by atoms with Gasteiger partial charge in [-0.15, -0.1) is 0 Å². The summed E-state index contributed by atoms with van der Waals surface area (Å²) >= 11 is 0. The maximum atomic E-state index is 12.0. The van der Waals surface area contributed by atoms with Crippen LogP contribution in [0.25, 0.3) is 0 Å². The van der Waals surface area contributed by atoms with Crippen molar-refractivity contribution < 1.29 is 13.7 Å². The van der Waals surface area contributed by atoms with E-state index in [-0.39, 0.29) is 23.8 Å². The minimum absolute atomic E-state index is 0.00693. The lowest BCUT2D eigenvalue weighted by Crippen LogP contribution is -2.27. The largest absolute Gasteiger partial charge is 0.444 e. The number of nitrogens with zero attached hydrogens (tertiary/aromatic N) is 4. The van der Waals surface area contributed by atoms with E-state index in [4.69, 9.17) is 8.94 Å². The molecular formula is C16H21N5O3. The molecule has 4 rings (SSSR count). The van der Waals surface area contributed by atoms with E-state index in [9.17, 15) is 4.79 Å². The number of nitrogens with one attached hydrogen (secondary N) is 1. The standard InChI is InChI=1S/C16H21N5O3/c1-9-10(2)23-13(17-9)8-21-7-3-4-12(21)16-19-14(20-24-16)15(22)18-11-5-6-11/h11-12H,3-8H2,1-2H3,(H,18,22)/t12-/m1/s1. The number of aryl methyl sites for hydroxylation is 2. The normalized spacial score (nSPS) is 21.3. The third-order valence-electron chi connectivity index (χ3n) is 4.62. The van der Waals surface area contributed by atoms with Crippen LogP contribution in [0.15, 0.2) is 8.94 Å². The van der Waals surface area contributed by atoms with Crippen molar-refractivity contribution in [1.29, 1.82) is 0 Å². The Morgan fingerprint density at radius 2 is 2.12 bits per heavy atom. The van der Waals surface area contributed by atoms with Gasteiger partial charge in [-0.2, -0.15) is 4.98 Å². The first kappa shape index (κ1) is 15.3. The first-order chi connectivity index (χ1) is 11.6. The number of rotatable bonds is 5. The zero-order chi connectivity index (χ0) is 16.7. The van der Waals surface area contributed by atoms with Crippen LogP contribution in [0.5, 0.6) is 0 Å². The van der Waals surface area contributed by atoms with Gasteiger partial charge in [-0.3, -0.25) is 9.69 Å². The number of amides is 1. The highest BCUT2D eigenvalue weighted by Crippen LogP contribution is 2.32. The van der Waals surface area contributed by atoms with Crippen LogP contribution >= 0.6 is 0 Å². The molecule has 128 valence electrons. The molecule has 1 N–H and O–H groups in total. The van der Waals surface area contributed by atoms with Crippen LogP contribution in [0, 0.1) is 13.8 Å². The van der Waals surface area contributed by atoms with Crippen LogP contribution < -0.4 is 5.32 Å². The van der Waals surface area contributed by atoms with Gasteiger partial charge in [0.25, 0.3) is 11.7 Å². The second-order valence-electron chi connectivity index (χ2n) is 6.58. The number of likely N-dealkylation sites (tertiary alicyclic amines) is 1. The minimum Gasteiger partial charge on any atom is -0.444 e.